The van der Waals surface area contributed by atoms with Crippen molar-refractivity contribution in [2.24, 2.45) is 0 Å². The van der Waals surface area contributed by atoms with Gasteiger partial charge in [0.1, 0.15) is 0 Å². The van der Waals surface area contributed by atoms with Gasteiger partial charge in [-0.2, -0.15) is 0 Å². The fraction of sp³-hybridized carbons (Fsp3) is 0.136. The minimum Gasteiger partial charge on any atom is -0.474 e. The summed E-state index contributed by atoms with van der Waals surface area (Å²) in [6.07, 6.45) is -0.906. The Morgan fingerprint density at radius 3 is 1.93 bits per heavy atom. The second-order valence-electron chi connectivity index (χ2n) is 6.25. The van der Waals surface area contributed by atoms with Crippen LogP contribution in [-0.2, 0) is 4.79 Å². The van der Waals surface area contributed by atoms with Crippen LogP contribution in [0.15, 0.2) is 84.9 Å². The second-order valence-corrected chi connectivity index (χ2v) is 6.25. The monoisotopic (exact) mass is 376 g/mol. The van der Waals surface area contributed by atoms with Crippen molar-refractivity contribution in [3.63, 3.8) is 0 Å². The Hall–Kier alpha value is -3.67. The van der Waals surface area contributed by atoms with Gasteiger partial charge >= 0.3 is 5.69 Å². The number of carbonyl (C=O) groups is 1. The van der Waals surface area contributed by atoms with Crippen molar-refractivity contribution in [1.82, 2.24) is 5.32 Å². The summed E-state index contributed by atoms with van der Waals surface area (Å²) < 4.78 is 5.59. The molecule has 0 saturated carbocycles. The van der Waals surface area contributed by atoms with Crippen LogP contribution < -0.4 is 10.1 Å². The van der Waals surface area contributed by atoms with Crippen molar-refractivity contribution >= 4 is 11.6 Å². The van der Waals surface area contributed by atoms with E-state index in [9.17, 15) is 14.9 Å². The van der Waals surface area contributed by atoms with Gasteiger partial charge in [-0.25, -0.2) is 0 Å². The quantitative estimate of drug-likeness (QED) is 0.493. The van der Waals surface area contributed by atoms with E-state index in [-0.39, 0.29) is 23.4 Å². The van der Waals surface area contributed by atoms with E-state index >= 15 is 0 Å². The zero-order valence-corrected chi connectivity index (χ0v) is 15.3. The van der Waals surface area contributed by atoms with Gasteiger partial charge in [-0.1, -0.05) is 72.8 Å². The van der Waals surface area contributed by atoms with Gasteiger partial charge in [0, 0.05) is 6.07 Å². The Morgan fingerprint density at radius 2 is 1.39 bits per heavy atom. The molecule has 1 N–H and O–H groups in total. The normalized spacial score (nSPS) is 11.6. The maximum Gasteiger partial charge on any atom is 0.310 e. The molecule has 0 radical (unpaired) electrons. The van der Waals surface area contributed by atoms with Gasteiger partial charge in [0.05, 0.1) is 11.0 Å². The minimum atomic E-state index is -0.906. The number of nitrogens with zero attached hydrogens (tertiary/aromatic N) is 1. The molecule has 28 heavy (non-hydrogen) atoms. The number of nitrogens with one attached hydrogen (secondary N) is 1. The predicted molar refractivity (Wildman–Crippen MR) is 106 cm³/mol. The fourth-order valence-corrected chi connectivity index (χ4v) is 2.86. The highest BCUT2D eigenvalue weighted by atomic mass is 16.6. The van der Waals surface area contributed by atoms with E-state index in [1.54, 1.807) is 19.1 Å². The van der Waals surface area contributed by atoms with E-state index in [1.807, 2.05) is 60.7 Å². The van der Waals surface area contributed by atoms with E-state index in [1.165, 1.54) is 12.1 Å². The number of rotatable bonds is 7. The Bertz CT molecular complexity index is 906. The number of benzene rings is 3. The van der Waals surface area contributed by atoms with E-state index in [2.05, 4.69) is 5.32 Å². The molecule has 6 heteroatoms. The summed E-state index contributed by atoms with van der Waals surface area (Å²) in [5.41, 5.74) is 1.68. The number of hydrogen-bond acceptors (Lipinski definition) is 4. The van der Waals surface area contributed by atoms with Gasteiger partial charge in [-0.15, -0.1) is 0 Å². The first-order valence-corrected chi connectivity index (χ1v) is 8.86. The topological polar surface area (TPSA) is 81.5 Å². The molecule has 3 aromatic rings. The standard InChI is InChI=1S/C22H20N2O4/c1-16(28-20-15-9-8-14-19(20)24(26)27)22(25)23-21(17-10-4-2-5-11-17)18-12-6-3-7-13-18/h2-16,21H,1H3,(H,23,25)/t16-/m1/s1. The average molecular weight is 376 g/mol. The third kappa shape index (κ3) is 4.54. The second kappa shape index (κ2) is 8.81. The van der Waals surface area contributed by atoms with Crippen LogP contribution in [0.2, 0.25) is 0 Å². The Morgan fingerprint density at radius 1 is 0.893 bits per heavy atom. The van der Waals surface area contributed by atoms with Crippen molar-refractivity contribution in [2.75, 3.05) is 0 Å². The number of nitro groups is 1. The molecule has 0 aromatic heterocycles. The number of carbonyl (C=O) groups excluding carboxylic acids is 1. The van der Waals surface area contributed by atoms with Gasteiger partial charge < -0.3 is 10.1 Å². The van der Waals surface area contributed by atoms with E-state index in [4.69, 9.17) is 4.74 Å². The molecular formula is C22H20N2O4. The molecular weight excluding hydrogens is 356 g/mol. The number of amides is 1. The summed E-state index contributed by atoms with van der Waals surface area (Å²) in [6, 6.07) is 24.8. The van der Waals surface area contributed by atoms with Crippen LogP contribution in [0.4, 0.5) is 5.69 Å². The van der Waals surface area contributed by atoms with Gasteiger partial charge in [0.15, 0.2) is 11.9 Å². The van der Waals surface area contributed by atoms with Crippen molar-refractivity contribution in [1.29, 1.82) is 0 Å². The molecule has 1 atom stereocenters. The first-order chi connectivity index (χ1) is 13.6. The maximum atomic E-state index is 12.8. The van der Waals surface area contributed by atoms with Crippen LogP contribution in [0.5, 0.6) is 5.75 Å². The third-order valence-corrected chi connectivity index (χ3v) is 4.29. The van der Waals surface area contributed by atoms with Crippen LogP contribution in [0, 0.1) is 10.1 Å². The first-order valence-electron chi connectivity index (χ1n) is 8.86. The molecule has 0 spiro atoms. The molecule has 0 bridgehead atoms. The fourth-order valence-electron chi connectivity index (χ4n) is 2.86. The van der Waals surface area contributed by atoms with Gasteiger partial charge in [-0.05, 0) is 24.1 Å². The number of ether oxygens (including phenoxy) is 1. The average Bonchev–Trinajstić information content (AvgIpc) is 2.73. The van der Waals surface area contributed by atoms with Gasteiger partial charge in [-0.3, -0.25) is 14.9 Å². The van der Waals surface area contributed by atoms with E-state index in [0.717, 1.165) is 11.1 Å². The van der Waals surface area contributed by atoms with Crippen LogP contribution >= 0.6 is 0 Å². The smallest absolute Gasteiger partial charge is 0.310 e. The summed E-state index contributed by atoms with van der Waals surface area (Å²) in [5.74, 6) is -0.304. The summed E-state index contributed by atoms with van der Waals surface area (Å²) >= 11 is 0. The largest absolute Gasteiger partial charge is 0.474 e. The van der Waals surface area contributed by atoms with Crippen LogP contribution in [-0.4, -0.2) is 16.9 Å². The Balaban J connectivity index is 1.80. The minimum absolute atomic E-state index is 0.0612. The lowest BCUT2D eigenvalue weighted by atomic mass is 9.98. The zero-order chi connectivity index (χ0) is 19.9. The summed E-state index contributed by atoms with van der Waals surface area (Å²) in [4.78, 5) is 23.4. The lowest BCUT2D eigenvalue weighted by Gasteiger charge is -2.22. The molecule has 0 saturated heterocycles. The van der Waals surface area contributed by atoms with Crippen molar-refractivity contribution < 1.29 is 14.5 Å². The van der Waals surface area contributed by atoms with Crippen LogP contribution in [0.3, 0.4) is 0 Å². The molecule has 3 rings (SSSR count). The van der Waals surface area contributed by atoms with E-state index < -0.39 is 11.0 Å². The lowest BCUT2D eigenvalue weighted by molar-refractivity contribution is -0.386. The van der Waals surface area contributed by atoms with Crippen molar-refractivity contribution in [3.05, 3.63) is 106 Å². The zero-order valence-electron chi connectivity index (χ0n) is 15.3. The van der Waals surface area contributed by atoms with E-state index in [0.29, 0.717) is 0 Å². The van der Waals surface area contributed by atoms with Gasteiger partial charge in [0.25, 0.3) is 5.91 Å². The predicted octanol–water partition coefficient (Wildman–Crippen LogP) is 4.27. The molecule has 0 heterocycles. The van der Waals surface area contributed by atoms with Gasteiger partial charge in [0.2, 0.25) is 0 Å². The summed E-state index contributed by atoms with van der Waals surface area (Å²) in [5, 5.41) is 14.1. The molecule has 0 aliphatic heterocycles. The molecule has 3 aromatic carbocycles. The Kier molecular flexibility index (Phi) is 6.01. The SMILES string of the molecule is C[C@@H](Oc1ccccc1[N+](=O)[O-])C(=O)NC(c1ccccc1)c1ccccc1. The highest BCUT2D eigenvalue weighted by Gasteiger charge is 2.24. The molecule has 142 valence electrons. The molecule has 0 unspecified atom stereocenters. The molecule has 6 nitrogen and oxygen atoms in total. The molecule has 0 fully saturated rings. The number of nitro benzene ring substituents is 1. The third-order valence-electron chi connectivity index (χ3n) is 4.29. The van der Waals surface area contributed by atoms with Crippen LogP contribution in [0.1, 0.15) is 24.1 Å². The lowest BCUT2D eigenvalue weighted by Crippen LogP contribution is -2.39. The summed E-state index contributed by atoms with van der Waals surface area (Å²) in [7, 11) is 0. The van der Waals surface area contributed by atoms with Crippen LogP contribution in [0.25, 0.3) is 0 Å². The highest BCUT2D eigenvalue weighted by molar-refractivity contribution is 5.81. The molecule has 1 amide bonds. The number of hydrogen-bond donors (Lipinski definition) is 1. The number of para-hydroxylation sites is 2. The Labute approximate surface area is 162 Å². The highest BCUT2D eigenvalue weighted by Crippen LogP contribution is 2.27. The maximum absolute atomic E-state index is 12.8. The van der Waals surface area contributed by atoms with Crippen molar-refractivity contribution in [3.8, 4) is 5.75 Å². The summed E-state index contributed by atoms with van der Waals surface area (Å²) in [6.45, 7) is 1.57. The molecule has 0 aliphatic carbocycles. The first kappa shape index (κ1) is 19.1. The van der Waals surface area contributed by atoms with Crippen molar-refractivity contribution in [2.45, 2.75) is 19.1 Å². The molecule has 0 aliphatic rings.